The minimum Gasteiger partial charge on any atom is -0.281 e. The lowest BCUT2D eigenvalue weighted by Gasteiger charge is -2.47. The Kier molecular flexibility index (Phi) is 2.94. The van der Waals surface area contributed by atoms with Crippen LogP contribution in [-0.2, 0) is 16.4 Å². The molecule has 1 saturated heterocycles. The van der Waals surface area contributed by atoms with Crippen LogP contribution in [0.15, 0.2) is 11.1 Å². The minimum absolute atomic E-state index is 0.239. The van der Waals surface area contributed by atoms with Gasteiger partial charge in [-0.25, -0.2) is 8.42 Å². The van der Waals surface area contributed by atoms with E-state index in [1.807, 2.05) is 6.92 Å². The number of aromatic amines is 1. The SMILES string of the molecule is CCc1[nH]ncc1S(=O)(=O)N1CCC1C1CCC1. The highest BCUT2D eigenvalue weighted by Gasteiger charge is 2.45. The molecule has 1 saturated carbocycles. The van der Waals surface area contributed by atoms with Crippen LogP contribution in [0.1, 0.15) is 38.3 Å². The molecule has 2 heterocycles. The first-order chi connectivity index (χ1) is 8.64. The maximum Gasteiger partial charge on any atom is 0.246 e. The molecule has 100 valence electrons. The van der Waals surface area contributed by atoms with Crippen LogP contribution in [0.5, 0.6) is 0 Å². The first-order valence-corrected chi connectivity index (χ1v) is 8.12. The summed E-state index contributed by atoms with van der Waals surface area (Å²) in [5, 5.41) is 6.65. The lowest BCUT2D eigenvalue weighted by atomic mass is 9.76. The number of aryl methyl sites for hydroxylation is 1. The summed E-state index contributed by atoms with van der Waals surface area (Å²) >= 11 is 0. The minimum atomic E-state index is -3.33. The van der Waals surface area contributed by atoms with Crippen molar-refractivity contribution in [2.24, 2.45) is 5.92 Å². The lowest BCUT2D eigenvalue weighted by molar-refractivity contribution is 0.0851. The Morgan fingerprint density at radius 3 is 2.72 bits per heavy atom. The summed E-state index contributed by atoms with van der Waals surface area (Å²) in [6.45, 7) is 2.60. The topological polar surface area (TPSA) is 66.1 Å². The number of aromatic nitrogens is 2. The predicted molar refractivity (Wildman–Crippen MR) is 67.6 cm³/mol. The molecule has 2 aliphatic rings. The molecular weight excluding hydrogens is 250 g/mol. The van der Waals surface area contributed by atoms with Crippen LogP contribution in [0.2, 0.25) is 0 Å². The lowest BCUT2D eigenvalue weighted by Crippen LogP contribution is -2.55. The maximum atomic E-state index is 12.6. The first-order valence-electron chi connectivity index (χ1n) is 6.68. The fourth-order valence-corrected chi connectivity index (χ4v) is 4.80. The zero-order valence-corrected chi connectivity index (χ0v) is 11.4. The maximum absolute atomic E-state index is 12.6. The Labute approximate surface area is 108 Å². The summed E-state index contributed by atoms with van der Waals surface area (Å²) in [6, 6.07) is 0.239. The second-order valence-electron chi connectivity index (χ2n) is 5.23. The molecule has 0 aromatic carbocycles. The molecule has 0 spiro atoms. The van der Waals surface area contributed by atoms with E-state index in [0.717, 1.165) is 6.42 Å². The molecule has 6 heteroatoms. The molecule has 1 N–H and O–H groups in total. The van der Waals surface area contributed by atoms with E-state index in [1.54, 1.807) is 4.31 Å². The standard InChI is InChI=1S/C12H19N3O2S/c1-2-10-12(8-13-14-10)18(16,17)15-7-6-11(15)9-4-3-5-9/h8-9,11H,2-7H2,1H3,(H,13,14). The highest BCUT2D eigenvalue weighted by Crippen LogP contribution is 2.40. The molecule has 0 bridgehead atoms. The van der Waals surface area contributed by atoms with E-state index in [4.69, 9.17) is 0 Å². The van der Waals surface area contributed by atoms with Crippen molar-refractivity contribution in [1.82, 2.24) is 14.5 Å². The summed E-state index contributed by atoms with van der Waals surface area (Å²) in [7, 11) is -3.33. The molecule has 1 aromatic rings. The molecule has 3 rings (SSSR count). The highest BCUT2D eigenvalue weighted by molar-refractivity contribution is 7.89. The number of hydrogen-bond donors (Lipinski definition) is 1. The molecule has 1 atom stereocenters. The van der Waals surface area contributed by atoms with Crippen molar-refractivity contribution >= 4 is 10.0 Å². The Morgan fingerprint density at radius 1 is 1.44 bits per heavy atom. The van der Waals surface area contributed by atoms with Crippen molar-refractivity contribution in [2.75, 3.05) is 6.54 Å². The zero-order chi connectivity index (χ0) is 12.8. The van der Waals surface area contributed by atoms with Gasteiger partial charge in [0.05, 0.1) is 11.9 Å². The number of nitrogens with one attached hydrogen (secondary N) is 1. The smallest absolute Gasteiger partial charge is 0.246 e. The van der Waals surface area contributed by atoms with Gasteiger partial charge in [-0.05, 0) is 31.6 Å². The predicted octanol–water partition coefficient (Wildman–Crippen LogP) is 1.54. The van der Waals surface area contributed by atoms with Gasteiger partial charge in [0, 0.05) is 12.6 Å². The number of H-pyrrole nitrogens is 1. The van der Waals surface area contributed by atoms with E-state index >= 15 is 0 Å². The molecule has 1 aliphatic heterocycles. The molecule has 0 amide bonds. The van der Waals surface area contributed by atoms with E-state index in [0.29, 0.717) is 29.5 Å². The van der Waals surface area contributed by atoms with E-state index in [-0.39, 0.29) is 6.04 Å². The zero-order valence-electron chi connectivity index (χ0n) is 10.6. The third-order valence-electron chi connectivity index (χ3n) is 4.33. The Hall–Kier alpha value is -0.880. The van der Waals surface area contributed by atoms with Crippen LogP contribution in [0.4, 0.5) is 0 Å². The third-order valence-corrected chi connectivity index (χ3v) is 6.31. The molecule has 1 aromatic heterocycles. The van der Waals surface area contributed by atoms with Gasteiger partial charge in [0.25, 0.3) is 0 Å². The Balaban J connectivity index is 1.86. The fraction of sp³-hybridized carbons (Fsp3) is 0.750. The molecular formula is C12H19N3O2S. The van der Waals surface area contributed by atoms with Crippen LogP contribution in [0.3, 0.4) is 0 Å². The van der Waals surface area contributed by atoms with E-state index in [2.05, 4.69) is 10.2 Å². The average molecular weight is 269 g/mol. The van der Waals surface area contributed by atoms with Crippen LogP contribution in [-0.4, -0.2) is 35.5 Å². The van der Waals surface area contributed by atoms with Crippen molar-refractivity contribution in [1.29, 1.82) is 0 Å². The van der Waals surface area contributed by atoms with E-state index < -0.39 is 10.0 Å². The number of rotatable bonds is 4. The number of hydrogen-bond acceptors (Lipinski definition) is 3. The summed E-state index contributed by atoms with van der Waals surface area (Å²) in [4.78, 5) is 0.369. The van der Waals surface area contributed by atoms with Gasteiger partial charge in [0.2, 0.25) is 10.0 Å². The van der Waals surface area contributed by atoms with E-state index in [9.17, 15) is 8.42 Å². The van der Waals surface area contributed by atoms with Gasteiger partial charge in [0.15, 0.2) is 0 Å². The normalized spacial score (nSPS) is 25.7. The highest BCUT2D eigenvalue weighted by atomic mass is 32.2. The van der Waals surface area contributed by atoms with Gasteiger partial charge in [-0.3, -0.25) is 5.10 Å². The number of nitrogens with zero attached hydrogens (tertiary/aromatic N) is 2. The van der Waals surface area contributed by atoms with Crippen LogP contribution in [0.25, 0.3) is 0 Å². The summed E-state index contributed by atoms with van der Waals surface area (Å²) < 4.78 is 26.8. The molecule has 18 heavy (non-hydrogen) atoms. The van der Waals surface area contributed by atoms with Crippen molar-refractivity contribution in [3.8, 4) is 0 Å². The van der Waals surface area contributed by atoms with Gasteiger partial charge >= 0.3 is 0 Å². The second kappa shape index (κ2) is 4.35. The second-order valence-corrected chi connectivity index (χ2v) is 7.09. The summed E-state index contributed by atoms with van der Waals surface area (Å²) in [5.74, 6) is 0.588. The van der Waals surface area contributed by atoms with Crippen molar-refractivity contribution in [3.63, 3.8) is 0 Å². The van der Waals surface area contributed by atoms with Gasteiger partial charge in [0.1, 0.15) is 4.90 Å². The molecule has 5 nitrogen and oxygen atoms in total. The van der Waals surface area contributed by atoms with Crippen LogP contribution >= 0.6 is 0 Å². The van der Waals surface area contributed by atoms with E-state index in [1.165, 1.54) is 25.5 Å². The number of sulfonamides is 1. The quantitative estimate of drug-likeness (QED) is 0.901. The largest absolute Gasteiger partial charge is 0.281 e. The first kappa shape index (κ1) is 12.2. The third kappa shape index (κ3) is 1.70. The Bertz CT molecular complexity index is 533. The fourth-order valence-electron chi connectivity index (χ4n) is 2.88. The molecule has 2 fully saturated rings. The van der Waals surface area contributed by atoms with Gasteiger partial charge < -0.3 is 0 Å². The van der Waals surface area contributed by atoms with Crippen molar-refractivity contribution in [3.05, 3.63) is 11.9 Å². The summed E-state index contributed by atoms with van der Waals surface area (Å²) in [5.41, 5.74) is 0.717. The van der Waals surface area contributed by atoms with Crippen molar-refractivity contribution in [2.45, 2.75) is 50.0 Å². The van der Waals surface area contributed by atoms with Crippen molar-refractivity contribution < 1.29 is 8.42 Å². The monoisotopic (exact) mass is 269 g/mol. The van der Waals surface area contributed by atoms with Gasteiger partial charge in [-0.2, -0.15) is 9.40 Å². The van der Waals surface area contributed by atoms with Gasteiger partial charge in [-0.15, -0.1) is 0 Å². The summed E-state index contributed by atoms with van der Waals surface area (Å²) in [6.07, 6.45) is 6.75. The van der Waals surface area contributed by atoms with Gasteiger partial charge in [-0.1, -0.05) is 13.3 Å². The molecule has 1 unspecified atom stereocenters. The molecule has 1 aliphatic carbocycles. The Morgan fingerprint density at radius 2 is 2.22 bits per heavy atom. The average Bonchev–Trinajstić information content (AvgIpc) is 2.69. The van der Waals surface area contributed by atoms with Crippen LogP contribution < -0.4 is 0 Å². The molecule has 0 radical (unpaired) electrons. The van der Waals surface area contributed by atoms with Crippen LogP contribution in [0, 0.1) is 5.92 Å².